The molecule has 0 aliphatic heterocycles. The van der Waals surface area contributed by atoms with Crippen molar-refractivity contribution >= 4 is 29.1 Å². The van der Waals surface area contributed by atoms with Crippen LogP contribution in [0.2, 0.25) is 5.02 Å². The van der Waals surface area contributed by atoms with E-state index < -0.39 is 0 Å². The first-order valence-corrected chi connectivity index (χ1v) is 6.75. The van der Waals surface area contributed by atoms with Crippen molar-refractivity contribution in [3.05, 3.63) is 47.2 Å². The number of halogens is 1. The van der Waals surface area contributed by atoms with Gasteiger partial charge in [-0.3, -0.25) is 4.79 Å². The van der Waals surface area contributed by atoms with Crippen molar-refractivity contribution in [2.45, 2.75) is 18.9 Å². The van der Waals surface area contributed by atoms with Crippen molar-refractivity contribution in [2.24, 2.45) is 0 Å². The lowest BCUT2D eigenvalue weighted by atomic mass is 10.3. The molecule has 20 heavy (non-hydrogen) atoms. The molecule has 1 amide bonds. The van der Waals surface area contributed by atoms with E-state index in [-0.39, 0.29) is 5.91 Å². The predicted octanol–water partition coefficient (Wildman–Crippen LogP) is 2.96. The summed E-state index contributed by atoms with van der Waals surface area (Å²) in [5, 5.41) is 6.55. The first kappa shape index (κ1) is 12.9. The quantitative estimate of drug-likeness (QED) is 0.908. The SMILES string of the molecule is O=C(Nc1ccc(Cl)cc1)c1ccnc(NC2CC2)n1. The van der Waals surface area contributed by atoms with Crippen molar-refractivity contribution in [3.63, 3.8) is 0 Å². The summed E-state index contributed by atoms with van der Waals surface area (Å²) in [4.78, 5) is 20.4. The summed E-state index contributed by atoms with van der Waals surface area (Å²) in [7, 11) is 0. The zero-order valence-electron chi connectivity index (χ0n) is 10.6. The van der Waals surface area contributed by atoms with Crippen LogP contribution in [-0.4, -0.2) is 21.9 Å². The Bertz CT molecular complexity index is 625. The summed E-state index contributed by atoms with van der Waals surface area (Å²) in [6.07, 6.45) is 3.84. The van der Waals surface area contributed by atoms with Crippen molar-refractivity contribution < 1.29 is 4.79 Å². The summed E-state index contributed by atoms with van der Waals surface area (Å²) in [6.45, 7) is 0. The van der Waals surface area contributed by atoms with Gasteiger partial charge < -0.3 is 10.6 Å². The zero-order chi connectivity index (χ0) is 13.9. The third-order valence-electron chi connectivity index (χ3n) is 2.90. The Morgan fingerprint density at radius 2 is 1.95 bits per heavy atom. The molecule has 0 bridgehead atoms. The van der Waals surface area contributed by atoms with Gasteiger partial charge in [-0.2, -0.15) is 0 Å². The monoisotopic (exact) mass is 288 g/mol. The predicted molar refractivity (Wildman–Crippen MR) is 78.1 cm³/mol. The molecule has 5 nitrogen and oxygen atoms in total. The fourth-order valence-electron chi connectivity index (χ4n) is 1.69. The number of anilines is 2. The number of nitrogens with zero attached hydrogens (tertiary/aromatic N) is 2. The van der Waals surface area contributed by atoms with Crippen LogP contribution in [0.25, 0.3) is 0 Å². The van der Waals surface area contributed by atoms with Crippen LogP contribution in [0.1, 0.15) is 23.3 Å². The molecule has 0 unspecified atom stereocenters. The number of nitrogens with one attached hydrogen (secondary N) is 2. The summed E-state index contributed by atoms with van der Waals surface area (Å²) < 4.78 is 0. The number of hydrogen-bond donors (Lipinski definition) is 2. The largest absolute Gasteiger partial charge is 0.351 e. The third-order valence-corrected chi connectivity index (χ3v) is 3.15. The van der Waals surface area contributed by atoms with Gasteiger partial charge in [0.05, 0.1) is 0 Å². The Morgan fingerprint density at radius 3 is 2.65 bits per heavy atom. The first-order chi connectivity index (χ1) is 9.70. The lowest BCUT2D eigenvalue weighted by molar-refractivity contribution is 0.102. The Balaban J connectivity index is 1.71. The molecule has 2 N–H and O–H groups in total. The Labute approximate surface area is 121 Å². The molecule has 1 aromatic carbocycles. The van der Waals surface area contributed by atoms with Crippen LogP contribution in [0.5, 0.6) is 0 Å². The van der Waals surface area contributed by atoms with E-state index in [0.717, 1.165) is 12.8 Å². The van der Waals surface area contributed by atoms with Crippen LogP contribution in [0, 0.1) is 0 Å². The number of carbonyl (C=O) groups is 1. The smallest absolute Gasteiger partial charge is 0.274 e. The minimum atomic E-state index is -0.270. The number of amides is 1. The Kier molecular flexibility index (Phi) is 3.52. The highest BCUT2D eigenvalue weighted by molar-refractivity contribution is 6.30. The molecule has 2 aromatic rings. The highest BCUT2D eigenvalue weighted by Crippen LogP contribution is 2.22. The van der Waals surface area contributed by atoms with E-state index >= 15 is 0 Å². The molecule has 1 aliphatic rings. The van der Waals surface area contributed by atoms with Gasteiger partial charge in [-0.25, -0.2) is 9.97 Å². The minimum absolute atomic E-state index is 0.270. The number of aromatic nitrogens is 2. The second-order valence-corrected chi connectivity index (χ2v) is 5.08. The normalized spacial score (nSPS) is 13.8. The summed E-state index contributed by atoms with van der Waals surface area (Å²) in [6, 6.07) is 8.96. The molecule has 0 spiro atoms. The second kappa shape index (κ2) is 5.46. The van der Waals surface area contributed by atoms with Gasteiger partial charge in [-0.1, -0.05) is 11.6 Å². The van der Waals surface area contributed by atoms with Crippen LogP contribution in [0.15, 0.2) is 36.5 Å². The van der Waals surface area contributed by atoms with Crippen molar-refractivity contribution in [3.8, 4) is 0 Å². The molecule has 6 heteroatoms. The van der Waals surface area contributed by atoms with Gasteiger partial charge in [0.25, 0.3) is 5.91 Å². The molecule has 1 heterocycles. The lowest BCUT2D eigenvalue weighted by Crippen LogP contribution is -2.15. The highest BCUT2D eigenvalue weighted by atomic mass is 35.5. The zero-order valence-corrected chi connectivity index (χ0v) is 11.4. The lowest BCUT2D eigenvalue weighted by Gasteiger charge is -2.06. The number of hydrogen-bond acceptors (Lipinski definition) is 4. The van der Waals surface area contributed by atoms with Gasteiger partial charge in [0.1, 0.15) is 5.69 Å². The van der Waals surface area contributed by atoms with Gasteiger partial charge in [-0.05, 0) is 43.2 Å². The van der Waals surface area contributed by atoms with Crippen LogP contribution in [-0.2, 0) is 0 Å². The topological polar surface area (TPSA) is 66.9 Å². The molecule has 0 atom stereocenters. The van der Waals surface area contributed by atoms with E-state index in [1.54, 1.807) is 36.5 Å². The van der Waals surface area contributed by atoms with E-state index in [1.807, 2.05) is 0 Å². The van der Waals surface area contributed by atoms with E-state index in [2.05, 4.69) is 20.6 Å². The average molecular weight is 289 g/mol. The van der Waals surface area contributed by atoms with Gasteiger partial charge in [0, 0.05) is 22.9 Å². The molecule has 1 aromatic heterocycles. The molecular formula is C14H13ClN4O. The minimum Gasteiger partial charge on any atom is -0.351 e. The van der Waals surface area contributed by atoms with E-state index in [0.29, 0.717) is 28.4 Å². The van der Waals surface area contributed by atoms with E-state index in [4.69, 9.17) is 11.6 Å². The number of benzene rings is 1. The van der Waals surface area contributed by atoms with Gasteiger partial charge in [0.15, 0.2) is 0 Å². The molecule has 0 saturated heterocycles. The van der Waals surface area contributed by atoms with E-state index in [9.17, 15) is 4.79 Å². The van der Waals surface area contributed by atoms with Crippen LogP contribution in [0.4, 0.5) is 11.6 Å². The fraction of sp³-hybridized carbons (Fsp3) is 0.214. The Hall–Kier alpha value is -2.14. The molecule has 1 aliphatic carbocycles. The Morgan fingerprint density at radius 1 is 1.20 bits per heavy atom. The highest BCUT2D eigenvalue weighted by Gasteiger charge is 2.22. The molecule has 102 valence electrons. The van der Waals surface area contributed by atoms with Gasteiger partial charge >= 0.3 is 0 Å². The van der Waals surface area contributed by atoms with Gasteiger partial charge in [0.2, 0.25) is 5.95 Å². The fourth-order valence-corrected chi connectivity index (χ4v) is 1.82. The van der Waals surface area contributed by atoms with Crippen molar-refractivity contribution in [1.82, 2.24) is 9.97 Å². The third kappa shape index (κ3) is 3.24. The van der Waals surface area contributed by atoms with Crippen LogP contribution >= 0.6 is 11.6 Å². The maximum atomic E-state index is 12.1. The van der Waals surface area contributed by atoms with Gasteiger partial charge in [-0.15, -0.1) is 0 Å². The summed E-state index contributed by atoms with van der Waals surface area (Å²) >= 11 is 5.80. The standard InChI is InChI=1S/C14H13ClN4O/c15-9-1-3-10(4-2-9)17-13(20)12-7-8-16-14(19-12)18-11-5-6-11/h1-4,7-8,11H,5-6H2,(H,17,20)(H,16,18,19). The van der Waals surface area contributed by atoms with E-state index in [1.165, 1.54) is 0 Å². The second-order valence-electron chi connectivity index (χ2n) is 4.65. The molecule has 1 saturated carbocycles. The molecular weight excluding hydrogens is 276 g/mol. The number of rotatable bonds is 4. The number of carbonyl (C=O) groups excluding carboxylic acids is 1. The maximum absolute atomic E-state index is 12.1. The van der Waals surface area contributed by atoms with Crippen LogP contribution in [0.3, 0.4) is 0 Å². The molecule has 0 radical (unpaired) electrons. The first-order valence-electron chi connectivity index (χ1n) is 6.37. The molecule has 1 fully saturated rings. The summed E-state index contributed by atoms with van der Waals surface area (Å²) in [5.74, 6) is 0.227. The van der Waals surface area contributed by atoms with Crippen molar-refractivity contribution in [2.75, 3.05) is 10.6 Å². The average Bonchev–Trinajstić information content (AvgIpc) is 3.25. The van der Waals surface area contributed by atoms with Crippen molar-refractivity contribution in [1.29, 1.82) is 0 Å². The molecule has 3 rings (SSSR count). The summed E-state index contributed by atoms with van der Waals surface area (Å²) in [5.41, 5.74) is 1.01. The van der Waals surface area contributed by atoms with Crippen LogP contribution < -0.4 is 10.6 Å². The maximum Gasteiger partial charge on any atom is 0.274 e.